The summed E-state index contributed by atoms with van der Waals surface area (Å²) in [4.78, 5) is 39.8. The maximum absolute atomic E-state index is 13.2. The topological polar surface area (TPSA) is 87.7 Å². The van der Waals surface area contributed by atoms with Gasteiger partial charge in [0.2, 0.25) is 0 Å². The van der Waals surface area contributed by atoms with Crippen molar-refractivity contribution in [3.63, 3.8) is 0 Å². The largest absolute Gasteiger partial charge is 0.457 e. The van der Waals surface area contributed by atoms with E-state index in [9.17, 15) is 14.4 Å². The lowest BCUT2D eigenvalue weighted by Gasteiger charge is -2.16. The van der Waals surface area contributed by atoms with Gasteiger partial charge >= 0.3 is 0 Å². The molecule has 0 radical (unpaired) electrons. The van der Waals surface area contributed by atoms with Crippen LogP contribution in [0.2, 0.25) is 10.0 Å². The van der Waals surface area contributed by atoms with Crippen LogP contribution < -0.4 is 20.3 Å². The Morgan fingerprint density at radius 2 is 1.36 bits per heavy atom. The van der Waals surface area contributed by atoms with Crippen molar-refractivity contribution in [3.8, 4) is 11.5 Å². The van der Waals surface area contributed by atoms with Gasteiger partial charge < -0.3 is 15.4 Å². The molecule has 7 nitrogen and oxygen atoms in total. The van der Waals surface area contributed by atoms with Gasteiger partial charge in [-0.15, -0.1) is 0 Å². The Morgan fingerprint density at radius 3 is 2.05 bits per heavy atom. The van der Waals surface area contributed by atoms with Crippen molar-refractivity contribution in [1.29, 1.82) is 0 Å². The van der Waals surface area contributed by atoms with Gasteiger partial charge in [0.1, 0.15) is 22.2 Å². The highest BCUT2D eigenvalue weighted by Crippen LogP contribution is 2.32. The normalized spacial score (nSPS) is 13.1. The molecular formula is C29H18Cl3N3O4. The Labute approximate surface area is 238 Å². The highest BCUT2D eigenvalue weighted by atomic mass is 35.5. The lowest BCUT2D eigenvalue weighted by molar-refractivity contribution is -0.120. The fourth-order valence-corrected chi connectivity index (χ4v) is 4.58. The number of carbonyl (C=O) groups is 3. The van der Waals surface area contributed by atoms with E-state index in [1.807, 2.05) is 30.3 Å². The summed E-state index contributed by atoms with van der Waals surface area (Å²) in [5.74, 6) is -0.540. The number of para-hydroxylation sites is 1. The maximum Gasteiger partial charge on any atom is 0.283 e. The van der Waals surface area contributed by atoms with E-state index in [2.05, 4.69) is 10.6 Å². The van der Waals surface area contributed by atoms with Crippen molar-refractivity contribution < 1.29 is 19.1 Å². The molecule has 0 aliphatic carbocycles. The molecule has 0 bridgehead atoms. The molecule has 10 heteroatoms. The molecule has 1 aliphatic heterocycles. The predicted octanol–water partition coefficient (Wildman–Crippen LogP) is 7.47. The highest BCUT2D eigenvalue weighted by molar-refractivity contribution is 6.53. The van der Waals surface area contributed by atoms with E-state index in [0.29, 0.717) is 38.6 Å². The summed E-state index contributed by atoms with van der Waals surface area (Å²) in [6.07, 6.45) is 0. The summed E-state index contributed by atoms with van der Waals surface area (Å²) in [5.41, 5.74) is 1.32. The van der Waals surface area contributed by atoms with Crippen molar-refractivity contribution in [2.45, 2.75) is 0 Å². The number of benzene rings is 4. The van der Waals surface area contributed by atoms with E-state index in [4.69, 9.17) is 39.5 Å². The molecule has 39 heavy (non-hydrogen) atoms. The molecule has 5 rings (SSSR count). The van der Waals surface area contributed by atoms with Gasteiger partial charge in [-0.3, -0.25) is 14.4 Å². The lowest BCUT2D eigenvalue weighted by atomic mass is 10.1. The van der Waals surface area contributed by atoms with Crippen molar-refractivity contribution in [2.24, 2.45) is 0 Å². The second kappa shape index (κ2) is 11.2. The molecule has 0 unspecified atom stereocenters. The van der Waals surface area contributed by atoms with E-state index < -0.39 is 17.7 Å². The number of anilines is 3. The van der Waals surface area contributed by atoms with E-state index in [-0.39, 0.29) is 16.3 Å². The van der Waals surface area contributed by atoms with Crippen LogP contribution >= 0.6 is 34.8 Å². The summed E-state index contributed by atoms with van der Waals surface area (Å²) in [6, 6.07) is 26.8. The first-order chi connectivity index (χ1) is 18.8. The molecule has 1 heterocycles. The van der Waals surface area contributed by atoms with Gasteiger partial charge in [0.15, 0.2) is 0 Å². The molecule has 0 saturated carbocycles. The van der Waals surface area contributed by atoms with Crippen molar-refractivity contribution in [3.05, 3.63) is 123 Å². The standard InChI is InChI=1S/C29H18Cl3N3O4/c30-18-14-19(31)16-21(15-18)34-27(36)17-5-4-6-20(13-17)33-26-25(32)28(37)35(29(26)38)22-9-11-24(12-10-22)39-23-7-2-1-3-8-23/h1-16,33H,(H,34,36). The minimum absolute atomic E-state index is 0.106. The van der Waals surface area contributed by atoms with Crippen LogP contribution in [0.1, 0.15) is 10.4 Å². The lowest BCUT2D eigenvalue weighted by Crippen LogP contribution is -2.32. The number of nitrogens with zero attached hydrogens (tertiary/aromatic N) is 1. The van der Waals surface area contributed by atoms with Crippen LogP contribution in [0.3, 0.4) is 0 Å². The predicted molar refractivity (Wildman–Crippen MR) is 153 cm³/mol. The van der Waals surface area contributed by atoms with Crippen LogP contribution in [0.4, 0.5) is 17.1 Å². The average Bonchev–Trinajstić information content (AvgIpc) is 3.12. The molecule has 0 saturated heterocycles. The summed E-state index contributed by atoms with van der Waals surface area (Å²) in [6.45, 7) is 0. The number of nitrogens with one attached hydrogen (secondary N) is 2. The first-order valence-corrected chi connectivity index (χ1v) is 12.7. The molecule has 194 valence electrons. The molecule has 1 aliphatic rings. The third-order valence-corrected chi connectivity index (χ3v) is 6.40. The Morgan fingerprint density at radius 1 is 0.692 bits per heavy atom. The minimum Gasteiger partial charge on any atom is -0.457 e. The first-order valence-electron chi connectivity index (χ1n) is 11.5. The molecule has 3 amide bonds. The van der Waals surface area contributed by atoms with E-state index >= 15 is 0 Å². The molecule has 0 fully saturated rings. The molecule has 4 aromatic rings. The Bertz CT molecular complexity index is 1600. The number of halogens is 3. The number of amides is 3. The quantitative estimate of drug-likeness (QED) is 0.222. The Hall–Kier alpha value is -4.30. The minimum atomic E-state index is -0.673. The number of ether oxygens (including phenoxy) is 1. The van der Waals surface area contributed by atoms with Gasteiger partial charge in [0.05, 0.1) is 5.69 Å². The van der Waals surface area contributed by atoms with Crippen LogP contribution in [0.15, 0.2) is 108 Å². The third-order valence-electron chi connectivity index (χ3n) is 5.62. The van der Waals surface area contributed by atoms with Crippen LogP contribution in [-0.4, -0.2) is 17.7 Å². The zero-order chi connectivity index (χ0) is 27.5. The molecule has 4 aromatic carbocycles. The number of rotatable bonds is 7. The van der Waals surface area contributed by atoms with Crippen LogP contribution in [0.25, 0.3) is 0 Å². The summed E-state index contributed by atoms with van der Waals surface area (Å²) in [5, 5.41) is 6.08. The van der Waals surface area contributed by atoms with Gasteiger partial charge in [-0.2, -0.15) is 0 Å². The van der Waals surface area contributed by atoms with Gasteiger partial charge in [-0.1, -0.05) is 59.1 Å². The van der Waals surface area contributed by atoms with Gasteiger partial charge in [0.25, 0.3) is 17.7 Å². The third kappa shape index (κ3) is 5.91. The van der Waals surface area contributed by atoms with E-state index in [0.717, 1.165) is 4.90 Å². The highest BCUT2D eigenvalue weighted by Gasteiger charge is 2.39. The smallest absolute Gasteiger partial charge is 0.283 e. The molecule has 2 N–H and O–H groups in total. The number of hydrogen-bond acceptors (Lipinski definition) is 5. The van der Waals surface area contributed by atoms with Crippen LogP contribution in [0.5, 0.6) is 11.5 Å². The maximum atomic E-state index is 13.2. The number of imide groups is 1. The van der Waals surface area contributed by atoms with E-state index in [1.54, 1.807) is 60.7 Å². The second-order valence-corrected chi connectivity index (χ2v) is 9.61. The van der Waals surface area contributed by atoms with Gasteiger partial charge in [-0.25, -0.2) is 4.90 Å². The number of carbonyl (C=O) groups excluding carboxylic acids is 3. The summed E-state index contributed by atoms with van der Waals surface area (Å²) < 4.78 is 5.77. The fraction of sp³-hybridized carbons (Fsp3) is 0. The van der Waals surface area contributed by atoms with E-state index in [1.165, 1.54) is 6.07 Å². The molecule has 0 atom stereocenters. The monoisotopic (exact) mass is 577 g/mol. The Balaban J connectivity index is 1.30. The van der Waals surface area contributed by atoms with Crippen molar-refractivity contribution in [1.82, 2.24) is 0 Å². The van der Waals surface area contributed by atoms with Crippen LogP contribution in [0, 0.1) is 0 Å². The summed E-state index contributed by atoms with van der Waals surface area (Å²) in [7, 11) is 0. The molecular weight excluding hydrogens is 561 g/mol. The van der Waals surface area contributed by atoms with Crippen molar-refractivity contribution in [2.75, 3.05) is 15.5 Å². The Kier molecular flexibility index (Phi) is 7.56. The van der Waals surface area contributed by atoms with Crippen molar-refractivity contribution >= 4 is 69.6 Å². The molecule has 0 spiro atoms. The SMILES string of the molecule is O=C(Nc1cc(Cl)cc(Cl)c1)c1cccc(NC2=C(Cl)C(=O)N(c3ccc(Oc4ccccc4)cc3)C2=O)c1. The first kappa shape index (κ1) is 26.3. The van der Waals surface area contributed by atoms with Gasteiger partial charge in [-0.05, 0) is 72.8 Å². The zero-order valence-corrected chi connectivity index (χ0v) is 22.2. The number of hydrogen-bond donors (Lipinski definition) is 2. The second-order valence-electron chi connectivity index (χ2n) is 8.36. The zero-order valence-electron chi connectivity index (χ0n) is 20.0. The van der Waals surface area contributed by atoms with Crippen LogP contribution in [-0.2, 0) is 9.59 Å². The average molecular weight is 579 g/mol. The molecule has 0 aromatic heterocycles. The fourth-order valence-electron chi connectivity index (χ4n) is 3.85. The van der Waals surface area contributed by atoms with Gasteiger partial charge in [0, 0.05) is 27.0 Å². The summed E-state index contributed by atoms with van der Waals surface area (Å²) >= 11 is 18.3.